The number of phenols is 2. The third-order valence-electron chi connectivity index (χ3n) is 2.20. The summed E-state index contributed by atoms with van der Waals surface area (Å²) >= 11 is 0. The van der Waals surface area contributed by atoms with Crippen molar-refractivity contribution >= 4 is 5.78 Å². The van der Waals surface area contributed by atoms with E-state index in [9.17, 15) is 15.0 Å². The molecule has 0 saturated heterocycles. The molecule has 0 aliphatic carbocycles. The number of benzene rings is 2. The lowest BCUT2D eigenvalue weighted by molar-refractivity contribution is 0.103. The smallest absolute Gasteiger partial charge is 0.193 e. The van der Waals surface area contributed by atoms with Crippen LogP contribution in [0, 0.1) is 0 Å². The SMILES string of the molecule is O=C(c1ccccc1)c1cc(O)cc(O)c1. The van der Waals surface area contributed by atoms with Crippen molar-refractivity contribution in [3.05, 3.63) is 59.7 Å². The summed E-state index contributed by atoms with van der Waals surface area (Å²) in [6.07, 6.45) is 0. The molecule has 0 amide bonds. The van der Waals surface area contributed by atoms with Crippen LogP contribution in [0.4, 0.5) is 0 Å². The summed E-state index contributed by atoms with van der Waals surface area (Å²) in [4.78, 5) is 11.9. The van der Waals surface area contributed by atoms with Crippen molar-refractivity contribution in [1.82, 2.24) is 0 Å². The second kappa shape index (κ2) is 4.06. The average Bonchev–Trinajstić information content (AvgIpc) is 2.28. The van der Waals surface area contributed by atoms with Gasteiger partial charge in [-0.1, -0.05) is 30.3 Å². The molecule has 2 aromatic carbocycles. The van der Waals surface area contributed by atoms with E-state index in [1.165, 1.54) is 18.2 Å². The predicted octanol–water partition coefficient (Wildman–Crippen LogP) is 2.33. The van der Waals surface area contributed by atoms with Crippen molar-refractivity contribution in [2.75, 3.05) is 0 Å². The largest absolute Gasteiger partial charge is 0.508 e. The van der Waals surface area contributed by atoms with Crippen LogP contribution in [0.5, 0.6) is 11.5 Å². The van der Waals surface area contributed by atoms with Crippen LogP contribution in [0.3, 0.4) is 0 Å². The van der Waals surface area contributed by atoms with Gasteiger partial charge in [-0.25, -0.2) is 0 Å². The van der Waals surface area contributed by atoms with E-state index in [1.807, 2.05) is 6.07 Å². The zero-order valence-corrected chi connectivity index (χ0v) is 8.42. The van der Waals surface area contributed by atoms with Gasteiger partial charge in [0.2, 0.25) is 0 Å². The number of hydrogen-bond donors (Lipinski definition) is 2. The molecule has 0 heterocycles. The minimum absolute atomic E-state index is 0.126. The first kappa shape index (κ1) is 10.2. The number of hydrogen-bond acceptors (Lipinski definition) is 3. The normalized spacial score (nSPS) is 10.0. The van der Waals surface area contributed by atoms with Gasteiger partial charge in [0.05, 0.1) is 0 Å². The second-order valence-corrected chi connectivity index (χ2v) is 3.43. The first-order valence-electron chi connectivity index (χ1n) is 4.79. The monoisotopic (exact) mass is 214 g/mol. The van der Waals surface area contributed by atoms with E-state index in [4.69, 9.17) is 0 Å². The zero-order chi connectivity index (χ0) is 11.5. The molecular formula is C13H10O3. The highest BCUT2D eigenvalue weighted by atomic mass is 16.3. The number of carbonyl (C=O) groups excluding carboxylic acids is 1. The van der Waals surface area contributed by atoms with Crippen molar-refractivity contribution in [3.63, 3.8) is 0 Å². The van der Waals surface area contributed by atoms with E-state index >= 15 is 0 Å². The highest BCUT2D eigenvalue weighted by Gasteiger charge is 2.10. The van der Waals surface area contributed by atoms with Crippen molar-refractivity contribution in [2.24, 2.45) is 0 Å². The first-order chi connectivity index (χ1) is 7.66. The number of ketones is 1. The van der Waals surface area contributed by atoms with Crippen LogP contribution in [0.1, 0.15) is 15.9 Å². The minimum Gasteiger partial charge on any atom is -0.508 e. The molecule has 0 spiro atoms. The minimum atomic E-state index is -0.230. The summed E-state index contributed by atoms with van der Waals surface area (Å²) in [7, 11) is 0. The molecule has 0 bridgehead atoms. The fourth-order valence-electron chi connectivity index (χ4n) is 1.48. The summed E-state index contributed by atoms with van der Waals surface area (Å²) in [5, 5.41) is 18.6. The van der Waals surface area contributed by atoms with Gasteiger partial charge < -0.3 is 10.2 Å². The van der Waals surface area contributed by atoms with Crippen LogP contribution in [0.2, 0.25) is 0 Å². The summed E-state index contributed by atoms with van der Waals surface area (Å²) in [5.74, 6) is -0.481. The molecule has 0 fully saturated rings. The van der Waals surface area contributed by atoms with Crippen molar-refractivity contribution in [3.8, 4) is 11.5 Å². The summed E-state index contributed by atoms with van der Waals surface area (Å²) in [5.41, 5.74) is 0.788. The standard InChI is InChI=1S/C13H10O3/c14-11-6-10(7-12(15)8-11)13(16)9-4-2-1-3-5-9/h1-8,14-15H. The van der Waals surface area contributed by atoms with E-state index in [0.717, 1.165) is 0 Å². The maximum absolute atomic E-state index is 11.9. The predicted molar refractivity (Wildman–Crippen MR) is 59.6 cm³/mol. The quantitative estimate of drug-likeness (QED) is 0.754. The number of rotatable bonds is 2. The maximum atomic E-state index is 11.9. The summed E-state index contributed by atoms with van der Waals surface area (Å²) in [6.45, 7) is 0. The lowest BCUT2D eigenvalue weighted by Gasteiger charge is -2.02. The first-order valence-corrected chi connectivity index (χ1v) is 4.79. The highest BCUT2D eigenvalue weighted by molar-refractivity contribution is 6.09. The summed E-state index contributed by atoms with van der Waals surface area (Å²) < 4.78 is 0. The lowest BCUT2D eigenvalue weighted by Crippen LogP contribution is -2.00. The van der Waals surface area contributed by atoms with E-state index in [-0.39, 0.29) is 22.8 Å². The average molecular weight is 214 g/mol. The van der Waals surface area contributed by atoms with Gasteiger partial charge in [-0.2, -0.15) is 0 Å². The Bertz CT molecular complexity index is 498. The van der Waals surface area contributed by atoms with E-state index in [0.29, 0.717) is 5.56 Å². The zero-order valence-electron chi connectivity index (χ0n) is 8.42. The van der Waals surface area contributed by atoms with Crippen LogP contribution >= 0.6 is 0 Å². The molecule has 2 N–H and O–H groups in total. The van der Waals surface area contributed by atoms with Crippen LogP contribution in [0.25, 0.3) is 0 Å². The molecule has 0 unspecified atom stereocenters. The topological polar surface area (TPSA) is 57.5 Å². The second-order valence-electron chi connectivity index (χ2n) is 3.43. The van der Waals surface area contributed by atoms with Crippen molar-refractivity contribution in [1.29, 1.82) is 0 Å². The Morgan fingerprint density at radius 1 is 0.812 bits per heavy atom. The van der Waals surface area contributed by atoms with Gasteiger partial charge >= 0.3 is 0 Å². The molecule has 2 aromatic rings. The van der Waals surface area contributed by atoms with Crippen LogP contribution in [-0.2, 0) is 0 Å². The molecule has 0 radical (unpaired) electrons. The van der Waals surface area contributed by atoms with Gasteiger partial charge in [0.15, 0.2) is 5.78 Å². The number of aromatic hydroxyl groups is 2. The Kier molecular flexibility index (Phi) is 2.60. The van der Waals surface area contributed by atoms with Gasteiger partial charge in [-0.05, 0) is 12.1 Å². The van der Waals surface area contributed by atoms with Crippen molar-refractivity contribution < 1.29 is 15.0 Å². The van der Waals surface area contributed by atoms with Crippen molar-refractivity contribution in [2.45, 2.75) is 0 Å². The molecule has 80 valence electrons. The van der Waals surface area contributed by atoms with Crippen LogP contribution < -0.4 is 0 Å². The molecule has 0 aliphatic rings. The maximum Gasteiger partial charge on any atom is 0.193 e. The molecule has 3 heteroatoms. The Labute approximate surface area is 92.6 Å². The molecule has 0 aromatic heterocycles. The van der Waals surface area contributed by atoms with Crippen LogP contribution in [0.15, 0.2) is 48.5 Å². The van der Waals surface area contributed by atoms with Gasteiger partial charge in [0, 0.05) is 17.2 Å². The molecular weight excluding hydrogens is 204 g/mol. The fourth-order valence-corrected chi connectivity index (χ4v) is 1.48. The molecule has 3 nitrogen and oxygen atoms in total. The van der Waals surface area contributed by atoms with E-state index in [1.54, 1.807) is 24.3 Å². The highest BCUT2D eigenvalue weighted by Crippen LogP contribution is 2.22. The number of phenolic OH excluding ortho intramolecular Hbond substituents is 2. The van der Waals surface area contributed by atoms with Gasteiger partial charge in [-0.15, -0.1) is 0 Å². The fraction of sp³-hybridized carbons (Fsp3) is 0. The number of carbonyl (C=O) groups is 1. The van der Waals surface area contributed by atoms with E-state index < -0.39 is 0 Å². The Balaban J connectivity index is 2.42. The Morgan fingerprint density at radius 2 is 1.38 bits per heavy atom. The van der Waals surface area contributed by atoms with Gasteiger partial charge in [0.25, 0.3) is 0 Å². The molecule has 0 saturated carbocycles. The van der Waals surface area contributed by atoms with E-state index in [2.05, 4.69) is 0 Å². The Hall–Kier alpha value is -2.29. The molecule has 0 atom stereocenters. The third-order valence-corrected chi connectivity index (χ3v) is 2.20. The molecule has 0 aliphatic heterocycles. The lowest BCUT2D eigenvalue weighted by atomic mass is 10.0. The summed E-state index contributed by atoms with van der Waals surface area (Å²) in [6, 6.07) is 12.5. The van der Waals surface area contributed by atoms with Gasteiger partial charge in [-0.3, -0.25) is 4.79 Å². The van der Waals surface area contributed by atoms with Crippen LogP contribution in [-0.4, -0.2) is 16.0 Å². The molecule has 16 heavy (non-hydrogen) atoms. The Morgan fingerprint density at radius 3 is 1.94 bits per heavy atom. The third kappa shape index (κ3) is 2.03. The van der Waals surface area contributed by atoms with Gasteiger partial charge in [0.1, 0.15) is 11.5 Å². The molecule has 2 rings (SSSR count).